The van der Waals surface area contributed by atoms with Crippen molar-refractivity contribution < 1.29 is 14.8 Å². The van der Waals surface area contributed by atoms with Crippen molar-refractivity contribution in [3.8, 4) is 0 Å². The molecular formula is C14H17N5O4. The van der Waals surface area contributed by atoms with Crippen molar-refractivity contribution in [1.82, 2.24) is 15.1 Å². The van der Waals surface area contributed by atoms with Crippen LogP contribution in [0.3, 0.4) is 0 Å². The van der Waals surface area contributed by atoms with Gasteiger partial charge in [0.25, 0.3) is 5.69 Å². The summed E-state index contributed by atoms with van der Waals surface area (Å²) >= 11 is 0. The van der Waals surface area contributed by atoms with Crippen molar-refractivity contribution in [2.24, 2.45) is 7.05 Å². The summed E-state index contributed by atoms with van der Waals surface area (Å²) in [5.74, 6) is 0.731. The first-order chi connectivity index (χ1) is 11.0. The number of carbonyl (C=O) groups is 1. The molecule has 9 nitrogen and oxygen atoms in total. The summed E-state index contributed by atoms with van der Waals surface area (Å²) in [6.45, 7) is 1.32. The van der Waals surface area contributed by atoms with Gasteiger partial charge in [0.1, 0.15) is 0 Å². The van der Waals surface area contributed by atoms with E-state index >= 15 is 0 Å². The molecule has 1 aliphatic rings. The molecule has 23 heavy (non-hydrogen) atoms. The first kappa shape index (κ1) is 15.1. The zero-order valence-corrected chi connectivity index (χ0v) is 12.6. The predicted molar refractivity (Wildman–Crippen MR) is 83.8 cm³/mol. The minimum atomic E-state index is -1.03. The Balaban J connectivity index is 1.93. The molecule has 1 aromatic carbocycles. The first-order valence-electron chi connectivity index (χ1n) is 7.31. The number of nitro groups is 1. The Hall–Kier alpha value is -2.84. The van der Waals surface area contributed by atoms with Crippen LogP contribution in [-0.2, 0) is 7.05 Å². The number of piperidine rings is 1. The standard InChI is InChI=1S/C14H17N5O4/c1-17-12-7-10(19(22)23)4-5-11(12)13(16-17)18-6-2-3-9(8-18)15-14(20)21/h4-5,7,9,15H,2-3,6,8H2,1H3,(H,20,21)/t9-/m1/s1. The smallest absolute Gasteiger partial charge is 0.404 e. The van der Waals surface area contributed by atoms with E-state index in [2.05, 4.69) is 10.4 Å². The van der Waals surface area contributed by atoms with Gasteiger partial charge in [0.15, 0.2) is 5.82 Å². The first-order valence-corrected chi connectivity index (χ1v) is 7.31. The van der Waals surface area contributed by atoms with Crippen LogP contribution in [0, 0.1) is 10.1 Å². The quantitative estimate of drug-likeness (QED) is 0.657. The second-order valence-electron chi connectivity index (χ2n) is 5.64. The van der Waals surface area contributed by atoms with Crippen molar-refractivity contribution in [3.63, 3.8) is 0 Å². The summed E-state index contributed by atoms with van der Waals surface area (Å²) in [5.41, 5.74) is 0.707. The second-order valence-corrected chi connectivity index (χ2v) is 5.64. The van der Waals surface area contributed by atoms with E-state index in [1.54, 1.807) is 17.8 Å². The molecular weight excluding hydrogens is 302 g/mol. The van der Waals surface area contributed by atoms with Gasteiger partial charge in [-0.25, -0.2) is 4.79 Å². The molecule has 9 heteroatoms. The van der Waals surface area contributed by atoms with E-state index in [9.17, 15) is 14.9 Å². The molecule has 2 heterocycles. The van der Waals surface area contributed by atoms with Crippen molar-refractivity contribution in [2.45, 2.75) is 18.9 Å². The number of nitrogens with one attached hydrogen (secondary N) is 1. The van der Waals surface area contributed by atoms with Crippen molar-refractivity contribution in [1.29, 1.82) is 0 Å². The average molecular weight is 319 g/mol. The van der Waals surface area contributed by atoms with E-state index in [-0.39, 0.29) is 11.7 Å². The Morgan fingerprint density at radius 2 is 2.30 bits per heavy atom. The number of anilines is 1. The van der Waals surface area contributed by atoms with Gasteiger partial charge in [-0.15, -0.1) is 0 Å². The van der Waals surface area contributed by atoms with Gasteiger partial charge < -0.3 is 15.3 Å². The van der Waals surface area contributed by atoms with Crippen LogP contribution in [0.5, 0.6) is 0 Å². The summed E-state index contributed by atoms with van der Waals surface area (Å²) in [5, 5.41) is 27.6. The average Bonchev–Trinajstić information content (AvgIpc) is 2.83. The Kier molecular flexibility index (Phi) is 3.77. The fraction of sp³-hybridized carbons (Fsp3) is 0.429. The van der Waals surface area contributed by atoms with Crippen molar-refractivity contribution >= 4 is 28.5 Å². The number of fused-ring (bicyclic) bond motifs is 1. The van der Waals surface area contributed by atoms with Crippen LogP contribution >= 0.6 is 0 Å². The highest BCUT2D eigenvalue weighted by Crippen LogP contribution is 2.30. The van der Waals surface area contributed by atoms with Crippen molar-refractivity contribution in [3.05, 3.63) is 28.3 Å². The van der Waals surface area contributed by atoms with Gasteiger partial charge in [0, 0.05) is 43.7 Å². The monoisotopic (exact) mass is 319 g/mol. The van der Waals surface area contributed by atoms with Crippen LogP contribution in [0.4, 0.5) is 16.3 Å². The number of nitro benzene ring substituents is 1. The van der Waals surface area contributed by atoms with Gasteiger partial charge in [0.2, 0.25) is 0 Å². The molecule has 0 radical (unpaired) electrons. The van der Waals surface area contributed by atoms with Crippen LogP contribution in [0.15, 0.2) is 18.2 Å². The lowest BCUT2D eigenvalue weighted by molar-refractivity contribution is -0.384. The molecule has 0 saturated carbocycles. The van der Waals surface area contributed by atoms with Gasteiger partial charge in [-0.05, 0) is 18.9 Å². The highest BCUT2D eigenvalue weighted by molar-refractivity contribution is 5.92. The predicted octanol–water partition coefficient (Wildman–Crippen LogP) is 1.72. The van der Waals surface area contributed by atoms with Crippen LogP contribution in [0.25, 0.3) is 10.9 Å². The number of hydrogen-bond acceptors (Lipinski definition) is 5. The summed E-state index contributed by atoms with van der Waals surface area (Å²) in [6.07, 6.45) is 0.619. The van der Waals surface area contributed by atoms with E-state index in [0.717, 1.165) is 30.6 Å². The molecule has 1 atom stereocenters. The molecule has 1 saturated heterocycles. The highest BCUT2D eigenvalue weighted by Gasteiger charge is 2.25. The maximum absolute atomic E-state index is 10.9. The Bertz CT molecular complexity index is 772. The molecule has 1 amide bonds. The van der Waals surface area contributed by atoms with Gasteiger partial charge >= 0.3 is 6.09 Å². The second kappa shape index (κ2) is 5.75. The minimum Gasteiger partial charge on any atom is -0.465 e. The molecule has 2 aromatic rings. The van der Waals surface area contributed by atoms with E-state index < -0.39 is 11.0 Å². The van der Waals surface area contributed by atoms with Gasteiger partial charge in [0.05, 0.1) is 10.4 Å². The maximum Gasteiger partial charge on any atom is 0.404 e. The highest BCUT2D eigenvalue weighted by atomic mass is 16.6. The third kappa shape index (κ3) is 2.89. The lowest BCUT2D eigenvalue weighted by Gasteiger charge is -2.32. The molecule has 1 aliphatic heterocycles. The third-order valence-corrected chi connectivity index (χ3v) is 4.07. The van der Waals surface area contributed by atoms with E-state index in [1.165, 1.54) is 12.1 Å². The Labute approximate surface area is 131 Å². The molecule has 2 N–H and O–H groups in total. The maximum atomic E-state index is 10.9. The number of hydrogen-bond donors (Lipinski definition) is 2. The molecule has 1 aromatic heterocycles. The zero-order chi connectivity index (χ0) is 16.6. The Morgan fingerprint density at radius 1 is 1.52 bits per heavy atom. The topological polar surface area (TPSA) is 114 Å². The number of aromatic nitrogens is 2. The van der Waals surface area contributed by atoms with E-state index in [1.807, 2.05) is 4.90 Å². The number of rotatable bonds is 3. The summed E-state index contributed by atoms with van der Waals surface area (Å²) in [7, 11) is 1.74. The van der Waals surface area contributed by atoms with E-state index in [0.29, 0.717) is 12.1 Å². The molecule has 0 bridgehead atoms. The zero-order valence-electron chi connectivity index (χ0n) is 12.6. The fourth-order valence-electron chi connectivity index (χ4n) is 3.04. The molecule has 0 unspecified atom stereocenters. The van der Waals surface area contributed by atoms with Crippen molar-refractivity contribution in [2.75, 3.05) is 18.0 Å². The van der Waals surface area contributed by atoms with E-state index in [4.69, 9.17) is 5.11 Å². The SMILES string of the molecule is Cn1nc(N2CCC[C@@H](NC(=O)O)C2)c2ccc([N+](=O)[O-])cc21. The summed E-state index contributed by atoms with van der Waals surface area (Å²) in [6, 6.07) is 4.52. The number of nitrogens with zero attached hydrogens (tertiary/aromatic N) is 4. The van der Waals surface area contributed by atoms with Crippen LogP contribution in [-0.4, -0.2) is 45.0 Å². The minimum absolute atomic E-state index is 0.0242. The van der Waals surface area contributed by atoms with Gasteiger partial charge in [-0.2, -0.15) is 5.10 Å². The van der Waals surface area contributed by atoms with Gasteiger partial charge in [-0.3, -0.25) is 14.8 Å². The summed E-state index contributed by atoms with van der Waals surface area (Å²) in [4.78, 5) is 23.3. The lowest BCUT2D eigenvalue weighted by atomic mass is 10.1. The van der Waals surface area contributed by atoms with Crippen LogP contribution < -0.4 is 10.2 Å². The fourth-order valence-corrected chi connectivity index (χ4v) is 3.04. The summed E-state index contributed by atoms with van der Waals surface area (Å²) < 4.78 is 1.62. The molecule has 0 aliphatic carbocycles. The van der Waals surface area contributed by atoms with Crippen LogP contribution in [0.1, 0.15) is 12.8 Å². The molecule has 3 rings (SSSR count). The normalized spacial score (nSPS) is 18.1. The largest absolute Gasteiger partial charge is 0.465 e. The third-order valence-electron chi connectivity index (χ3n) is 4.07. The number of carboxylic acid groups (broad SMARTS) is 1. The number of amides is 1. The number of aryl methyl sites for hydroxylation is 1. The Morgan fingerprint density at radius 3 is 3.00 bits per heavy atom. The lowest BCUT2D eigenvalue weighted by Crippen LogP contribution is -2.47. The number of non-ortho nitro benzene ring substituents is 1. The molecule has 122 valence electrons. The van der Waals surface area contributed by atoms with Gasteiger partial charge in [-0.1, -0.05) is 0 Å². The molecule has 1 fully saturated rings. The molecule has 0 spiro atoms. The van der Waals surface area contributed by atoms with Crippen LogP contribution in [0.2, 0.25) is 0 Å². The number of benzene rings is 1.